The van der Waals surface area contributed by atoms with Gasteiger partial charge in [-0.15, -0.1) is 13.2 Å². The Hall–Kier alpha value is -2.83. The van der Waals surface area contributed by atoms with Crippen LogP contribution < -0.4 is 14.2 Å². The van der Waals surface area contributed by atoms with Crippen LogP contribution in [-0.2, 0) is 10.0 Å². The Bertz CT molecular complexity index is 1000. The van der Waals surface area contributed by atoms with Crippen LogP contribution in [0.5, 0.6) is 11.5 Å². The molecule has 12 heteroatoms. The van der Waals surface area contributed by atoms with Gasteiger partial charge >= 0.3 is 12.5 Å². The zero-order valence-electron chi connectivity index (χ0n) is 15.9. The molecule has 1 fully saturated rings. The summed E-state index contributed by atoms with van der Waals surface area (Å²) in [7, 11) is -4.19. The molecule has 8 nitrogen and oxygen atoms in total. The molecule has 2 aromatic carbocycles. The summed E-state index contributed by atoms with van der Waals surface area (Å²) in [6.45, 7) is 0.00979. The van der Waals surface area contributed by atoms with Crippen LogP contribution >= 0.6 is 0 Å². The van der Waals surface area contributed by atoms with Crippen molar-refractivity contribution in [3.8, 4) is 11.5 Å². The molecule has 1 amide bonds. The van der Waals surface area contributed by atoms with Crippen LogP contribution in [0.2, 0.25) is 0 Å². The van der Waals surface area contributed by atoms with Gasteiger partial charge in [-0.3, -0.25) is 0 Å². The van der Waals surface area contributed by atoms with Gasteiger partial charge < -0.3 is 19.5 Å². The predicted octanol–water partition coefficient (Wildman–Crippen LogP) is 2.50. The number of halogens is 3. The number of carbonyl (C=O) groups is 1. The number of hydrogen-bond acceptors (Lipinski definition) is 6. The number of sulfonamides is 1. The standard InChI is InChI=1S/C19H19F3N2O6S/c20-19(21,22)30-14-6-8-15(9-7-14)31(27,28)23-16-12-24(11-10-17(16)25)18(26)29-13-4-2-1-3-5-13/h1-9,16-17,23,25H,10-12H2/t16?,17-/m1/s1. The van der Waals surface area contributed by atoms with Gasteiger partial charge in [0.05, 0.1) is 17.0 Å². The summed E-state index contributed by atoms with van der Waals surface area (Å²) in [5, 5.41) is 10.2. The Kier molecular flexibility index (Phi) is 6.72. The zero-order chi connectivity index (χ0) is 22.6. The van der Waals surface area contributed by atoms with E-state index in [-0.39, 0.29) is 24.4 Å². The number of benzene rings is 2. The number of aliphatic hydroxyl groups excluding tert-OH is 1. The Balaban J connectivity index is 1.66. The minimum absolute atomic E-state index is 0.107. The molecule has 3 rings (SSSR count). The normalized spacial score (nSPS) is 19.7. The van der Waals surface area contributed by atoms with Gasteiger partial charge in [0.1, 0.15) is 11.5 Å². The molecule has 0 radical (unpaired) electrons. The second kappa shape index (κ2) is 9.12. The molecule has 2 atom stereocenters. The summed E-state index contributed by atoms with van der Waals surface area (Å²) in [6.07, 6.45) is -6.56. The lowest BCUT2D eigenvalue weighted by Crippen LogP contribution is -2.56. The number of hydrogen-bond donors (Lipinski definition) is 2. The highest BCUT2D eigenvalue weighted by Gasteiger charge is 2.35. The van der Waals surface area contributed by atoms with E-state index in [1.54, 1.807) is 30.3 Å². The lowest BCUT2D eigenvalue weighted by atomic mass is 10.0. The van der Waals surface area contributed by atoms with Crippen molar-refractivity contribution in [1.82, 2.24) is 9.62 Å². The Labute approximate surface area is 176 Å². The van der Waals surface area contributed by atoms with Crippen LogP contribution in [0.3, 0.4) is 0 Å². The van der Waals surface area contributed by atoms with Crippen LogP contribution in [-0.4, -0.2) is 56.1 Å². The first kappa shape index (κ1) is 22.8. The molecule has 1 heterocycles. The Morgan fingerprint density at radius 3 is 2.32 bits per heavy atom. The largest absolute Gasteiger partial charge is 0.573 e. The van der Waals surface area contributed by atoms with Gasteiger partial charge in [0.2, 0.25) is 10.0 Å². The molecular weight excluding hydrogens is 441 g/mol. The molecule has 0 saturated carbocycles. The number of ether oxygens (including phenoxy) is 2. The fourth-order valence-electron chi connectivity index (χ4n) is 2.96. The average Bonchev–Trinajstić information content (AvgIpc) is 2.69. The maximum atomic E-state index is 12.6. The van der Waals surface area contributed by atoms with E-state index in [0.717, 1.165) is 24.3 Å². The third kappa shape index (κ3) is 6.32. The van der Waals surface area contributed by atoms with E-state index in [1.807, 2.05) is 0 Å². The van der Waals surface area contributed by atoms with E-state index in [9.17, 15) is 31.5 Å². The summed E-state index contributed by atoms with van der Waals surface area (Å²) < 4.78 is 73.1. The molecule has 2 aromatic rings. The van der Waals surface area contributed by atoms with Gasteiger partial charge in [0.25, 0.3) is 0 Å². The maximum Gasteiger partial charge on any atom is 0.573 e. The summed E-state index contributed by atoms with van der Waals surface area (Å²) in [5.74, 6) is -0.254. The lowest BCUT2D eigenvalue weighted by Gasteiger charge is -2.35. The third-order valence-electron chi connectivity index (χ3n) is 4.46. The molecular formula is C19H19F3N2O6S. The SMILES string of the molecule is O=C(Oc1ccccc1)N1CC[C@@H](O)C(NS(=O)(=O)c2ccc(OC(F)(F)F)cc2)C1. The molecule has 1 aliphatic heterocycles. The number of nitrogens with zero attached hydrogens (tertiary/aromatic N) is 1. The fraction of sp³-hybridized carbons (Fsp3) is 0.316. The molecule has 0 aliphatic carbocycles. The van der Waals surface area contributed by atoms with Gasteiger partial charge in [-0.2, -0.15) is 0 Å². The first-order valence-corrected chi connectivity index (χ1v) is 10.6. The molecule has 168 valence electrons. The molecule has 2 N–H and O–H groups in total. The second-order valence-corrected chi connectivity index (χ2v) is 8.44. The highest BCUT2D eigenvalue weighted by atomic mass is 32.2. The third-order valence-corrected chi connectivity index (χ3v) is 5.96. The first-order valence-electron chi connectivity index (χ1n) is 9.11. The molecule has 1 unspecified atom stereocenters. The first-order chi connectivity index (χ1) is 14.5. The van der Waals surface area contributed by atoms with E-state index in [0.29, 0.717) is 5.75 Å². The van der Waals surface area contributed by atoms with Gasteiger partial charge in [-0.25, -0.2) is 17.9 Å². The number of likely N-dealkylation sites (tertiary alicyclic amines) is 1. The van der Waals surface area contributed by atoms with Crippen molar-refractivity contribution in [2.75, 3.05) is 13.1 Å². The van der Waals surface area contributed by atoms with E-state index in [1.165, 1.54) is 4.90 Å². The summed E-state index contributed by atoms with van der Waals surface area (Å²) in [6, 6.07) is 10.9. The minimum Gasteiger partial charge on any atom is -0.410 e. The molecule has 1 aliphatic rings. The summed E-state index contributed by atoms with van der Waals surface area (Å²) in [5.41, 5.74) is 0. The number of amides is 1. The topological polar surface area (TPSA) is 105 Å². The predicted molar refractivity (Wildman–Crippen MR) is 102 cm³/mol. The smallest absolute Gasteiger partial charge is 0.410 e. The highest BCUT2D eigenvalue weighted by Crippen LogP contribution is 2.24. The second-order valence-electron chi connectivity index (χ2n) is 6.73. The van der Waals surface area contributed by atoms with Crippen LogP contribution in [0.1, 0.15) is 6.42 Å². The fourth-order valence-corrected chi connectivity index (χ4v) is 4.22. The van der Waals surface area contributed by atoms with Gasteiger partial charge in [0.15, 0.2) is 0 Å². The molecule has 31 heavy (non-hydrogen) atoms. The van der Waals surface area contributed by atoms with Crippen molar-refractivity contribution in [1.29, 1.82) is 0 Å². The van der Waals surface area contributed by atoms with Crippen LogP contribution in [0.25, 0.3) is 0 Å². The monoisotopic (exact) mass is 460 g/mol. The van der Waals surface area contributed by atoms with Crippen LogP contribution in [0.4, 0.5) is 18.0 Å². The number of piperidine rings is 1. The van der Waals surface area contributed by atoms with Crippen molar-refractivity contribution in [2.24, 2.45) is 0 Å². The van der Waals surface area contributed by atoms with Crippen molar-refractivity contribution < 1.29 is 41.0 Å². The van der Waals surface area contributed by atoms with E-state index in [2.05, 4.69) is 9.46 Å². The summed E-state index contributed by atoms with van der Waals surface area (Å²) in [4.78, 5) is 13.3. The van der Waals surface area contributed by atoms with Crippen molar-refractivity contribution in [2.45, 2.75) is 29.8 Å². The van der Waals surface area contributed by atoms with Gasteiger partial charge in [-0.05, 0) is 42.8 Å². The van der Waals surface area contributed by atoms with E-state index >= 15 is 0 Å². The summed E-state index contributed by atoms with van der Waals surface area (Å²) >= 11 is 0. The Morgan fingerprint density at radius 2 is 1.71 bits per heavy atom. The Morgan fingerprint density at radius 1 is 1.06 bits per heavy atom. The highest BCUT2D eigenvalue weighted by molar-refractivity contribution is 7.89. The average molecular weight is 460 g/mol. The molecule has 0 spiro atoms. The number of aliphatic hydroxyl groups is 1. The maximum absolute atomic E-state index is 12.6. The zero-order valence-corrected chi connectivity index (χ0v) is 16.8. The van der Waals surface area contributed by atoms with Gasteiger partial charge in [0, 0.05) is 13.1 Å². The van der Waals surface area contributed by atoms with Crippen LogP contribution in [0.15, 0.2) is 59.5 Å². The minimum atomic E-state index is -4.90. The molecule has 1 saturated heterocycles. The lowest BCUT2D eigenvalue weighted by molar-refractivity contribution is -0.274. The number of para-hydroxylation sites is 1. The van der Waals surface area contributed by atoms with Crippen molar-refractivity contribution in [3.63, 3.8) is 0 Å². The number of nitrogens with one attached hydrogen (secondary N) is 1. The van der Waals surface area contributed by atoms with Gasteiger partial charge in [-0.1, -0.05) is 18.2 Å². The van der Waals surface area contributed by atoms with Crippen LogP contribution in [0, 0.1) is 0 Å². The molecule has 0 aromatic heterocycles. The quantitative estimate of drug-likeness (QED) is 0.711. The van der Waals surface area contributed by atoms with Crippen molar-refractivity contribution >= 4 is 16.1 Å². The van der Waals surface area contributed by atoms with Crippen molar-refractivity contribution in [3.05, 3.63) is 54.6 Å². The molecule has 0 bridgehead atoms. The number of alkyl halides is 3. The number of rotatable bonds is 5. The number of carbonyl (C=O) groups excluding carboxylic acids is 1. The van der Waals surface area contributed by atoms with E-state index in [4.69, 9.17) is 4.74 Å². The van der Waals surface area contributed by atoms with E-state index < -0.39 is 40.4 Å².